The first-order chi connectivity index (χ1) is 9.81. The molecule has 20 heavy (non-hydrogen) atoms. The maximum absolute atomic E-state index is 12.0. The highest BCUT2D eigenvalue weighted by molar-refractivity contribution is 5.92. The van der Waals surface area contributed by atoms with Crippen LogP contribution in [0.1, 0.15) is 11.1 Å². The number of anilines is 1. The van der Waals surface area contributed by atoms with Crippen LogP contribution >= 0.6 is 0 Å². The summed E-state index contributed by atoms with van der Waals surface area (Å²) in [6.45, 7) is 2.25. The van der Waals surface area contributed by atoms with Crippen molar-refractivity contribution in [2.24, 2.45) is 0 Å². The molecule has 1 aliphatic heterocycles. The van der Waals surface area contributed by atoms with Crippen molar-refractivity contribution in [3.05, 3.63) is 65.7 Å². The van der Waals surface area contributed by atoms with Gasteiger partial charge in [-0.05, 0) is 29.7 Å². The molecule has 0 fully saturated rings. The fraction of sp³-hybridized carbons (Fsp3) is 0.235. The summed E-state index contributed by atoms with van der Waals surface area (Å²) in [5, 5.41) is 2.93. The van der Waals surface area contributed by atoms with Gasteiger partial charge in [-0.2, -0.15) is 0 Å². The topological polar surface area (TPSA) is 32.3 Å². The number of para-hydroxylation sites is 1. The monoisotopic (exact) mass is 266 g/mol. The van der Waals surface area contributed by atoms with E-state index in [0.717, 1.165) is 25.2 Å². The molecule has 2 aromatic carbocycles. The molecule has 3 heteroatoms. The van der Waals surface area contributed by atoms with Gasteiger partial charge in [0.2, 0.25) is 5.91 Å². The highest BCUT2D eigenvalue weighted by Crippen LogP contribution is 2.18. The smallest absolute Gasteiger partial charge is 0.238 e. The van der Waals surface area contributed by atoms with E-state index in [1.54, 1.807) is 0 Å². The van der Waals surface area contributed by atoms with Gasteiger partial charge in [0.1, 0.15) is 0 Å². The van der Waals surface area contributed by atoms with Gasteiger partial charge in [0.05, 0.1) is 6.54 Å². The van der Waals surface area contributed by atoms with E-state index in [1.807, 2.05) is 30.3 Å². The summed E-state index contributed by atoms with van der Waals surface area (Å²) < 4.78 is 0. The lowest BCUT2D eigenvalue weighted by atomic mass is 10.00. The van der Waals surface area contributed by atoms with Gasteiger partial charge in [-0.25, -0.2) is 0 Å². The minimum atomic E-state index is 0.0515. The zero-order valence-electron chi connectivity index (χ0n) is 11.4. The molecule has 1 aliphatic rings. The van der Waals surface area contributed by atoms with Gasteiger partial charge in [-0.1, -0.05) is 42.5 Å². The molecule has 1 heterocycles. The third-order valence-electron chi connectivity index (χ3n) is 3.63. The van der Waals surface area contributed by atoms with Gasteiger partial charge in [-0.3, -0.25) is 9.69 Å². The van der Waals surface area contributed by atoms with Gasteiger partial charge in [0.25, 0.3) is 0 Å². The lowest BCUT2D eigenvalue weighted by molar-refractivity contribution is -0.117. The number of carbonyl (C=O) groups is 1. The van der Waals surface area contributed by atoms with Crippen molar-refractivity contribution in [1.29, 1.82) is 0 Å². The number of rotatable bonds is 3. The minimum absolute atomic E-state index is 0.0515. The Bertz CT molecular complexity index is 595. The molecule has 2 aromatic rings. The number of fused-ring (bicyclic) bond motifs is 1. The van der Waals surface area contributed by atoms with Gasteiger partial charge < -0.3 is 5.32 Å². The van der Waals surface area contributed by atoms with Crippen LogP contribution in [-0.2, 0) is 17.8 Å². The Hall–Kier alpha value is -2.13. The second kappa shape index (κ2) is 5.88. The van der Waals surface area contributed by atoms with Crippen molar-refractivity contribution in [3.63, 3.8) is 0 Å². The number of hydrogen-bond acceptors (Lipinski definition) is 2. The van der Waals surface area contributed by atoms with Crippen LogP contribution < -0.4 is 5.32 Å². The summed E-state index contributed by atoms with van der Waals surface area (Å²) in [4.78, 5) is 14.2. The van der Waals surface area contributed by atoms with E-state index in [4.69, 9.17) is 0 Å². The standard InChI is InChI=1S/C17H18N2O/c20-17(18-16-8-2-1-3-9-16)13-19-11-10-14-6-4-5-7-15(14)12-19/h1-9H,10-13H2,(H,18,20). The summed E-state index contributed by atoms with van der Waals surface area (Å²) in [7, 11) is 0. The highest BCUT2D eigenvalue weighted by atomic mass is 16.2. The van der Waals surface area contributed by atoms with E-state index in [-0.39, 0.29) is 5.91 Å². The Labute approximate surface area is 119 Å². The lowest BCUT2D eigenvalue weighted by Crippen LogP contribution is -2.37. The first-order valence-electron chi connectivity index (χ1n) is 6.95. The minimum Gasteiger partial charge on any atom is -0.325 e. The van der Waals surface area contributed by atoms with E-state index in [0.29, 0.717) is 6.54 Å². The van der Waals surface area contributed by atoms with Crippen LogP contribution in [0, 0.1) is 0 Å². The molecule has 0 saturated heterocycles. The number of benzene rings is 2. The first kappa shape index (κ1) is 12.9. The van der Waals surface area contributed by atoms with Crippen LogP contribution in [-0.4, -0.2) is 23.9 Å². The Kier molecular flexibility index (Phi) is 3.79. The van der Waals surface area contributed by atoms with Crippen molar-refractivity contribution in [1.82, 2.24) is 4.90 Å². The first-order valence-corrected chi connectivity index (χ1v) is 6.95. The molecule has 0 bridgehead atoms. The predicted molar refractivity (Wildman–Crippen MR) is 80.5 cm³/mol. The van der Waals surface area contributed by atoms with E-state index >= 15 is 0 Å². The molecule has 0 unspecified atom stereocenters. The third kappa shape index (κ3) is 3.06. The molecule has 0 radical (unpaired) electrons. The normalized spacial score (nSPS) is 14.6. The number of carbonyl (C=O) groups excluding carboxylic acids is 1. The summed E-state index contributed by atoms with van der Waals surface area (Å²) in [5.41, 5.74) is 3.60. The summed E-state index contributed by atoms with van der Waals surface area (Å²) in [5.74, 6) is 0.0515. The van der Waals surface area contributed by atoms with Gasteiger partial charge >= 0.3 is 0 Å². The largest absolute Gasteiger partial charge is 0.325 e. The predicted octanol–water partition coefficient (Wildman–Crippen LogP) is 2.68. The SMILES string of the molecule is O=C(CN1CCc2ccccc2C1)Nc1ccccc1. The van der Waals surface area contributed by atoms with E-state index < -0.39 is 0 Å². The summed E-state index contributed by atoms with van der Waals surface area (Å²) in [6.07, 6.45) is 1.02. The molecule has 0 aromatic heterocycles. The molecule has 3 rings (SSSR count). The molecular weight excluding hydrogens is 248 g/mol. The van der Waals surface area contributed by atoms with Crippen molar-refractivity contribution in [2.75, 3.05) is 18.4 Å². The number of nitrogens with one attached hydrogen (secondary N) is 1. The van der Waals surface area contributed by atoms with Crippen LogP contribution in [0.2, 0.25) is 0 Å². The third-order valence-corrected chi connectivity index (χ3v) is 3.63. The number of nitrogens with zero attached hydrogens (tertiary/aromatic N) is 1. The lowest BCUT2D eigenvalue weighted by Gasteiger charge is -2.28. The molecule has 0 spiro atoms. The summed E-state index contributed by atoms with van der Waals surface area (Å²) in [6, 6.07) is 18.1. The van der Waals surface area contributed by atoms with Crippen LogP contribution in [0.5, 0.6) is 0 Å². The molecule has 1 N–H and O–H groups in total. The van der Waals surface area contributed by atoms with Crippen molar-refractivity contribution in [2.45, 2.75) is 13.0 Å². The molecular formula is C17H18N2O. The maximum Gasteiger partial charge on any atom is 0.238 e. The Morgan fingerprint density at radius 3 is 2.50 bits per heavy atom. The molecule has 0 saturated carbocycles. The van der Waals surface area contributed by atoms with Crippen LogP contribution in [0.25, 0.3) is 0 Å². The molecule has 1 amide bonds. The average Bonchev–Trinajstić information content (AvgIpc) is 2.48. The quantitative estimate of drug-likeness (QED) is 0.926. The molecule has 102 valence electrons. The van der Waals surface area contributed by atoms with Gasteiger partial charge in [-0.15, -0.1) is 0 Å². The fourth-order valence-corrected chi connectivity index (χ4v) is 2.61. The molecule has 0 atom stereocenters. The van der Waals surface area contributed by atoms with Crippen molar-refractivity contribution in [3.8, 4) is 0 Å². The van der Waals surface area contributed by atoms with Crippen LogP contribution in [0.4, 0.5) is 5.69 Å². The number of amides is 1. The van der Waals surface area contributed by atoms with Crippen molar-refractivity contribution >= 4 is 11.6 Å². The average molecular weight is 266 g/mol. The Morgan fingerprint density at radius 2 is 1.70 bits per heavy atom. The number of hydrogen-bond donors (Lipinski definition) is 1. The fourth-order valence-electron chi connectivity index (χ4n) is 2.61. The highest BCUT2D eigenvalue weighted by Gasteiger charge is 2.17. The van der Waals surface area contributed by atoms with E-state index in [1.165, 1.54) is 11.1 Å². The van der Waals surface area contributed by atoms with E-state index in [2.05, 4.69) is 34.5 Å². The summed E-state index contributed by atoms with van der Waals surface area (Å²) >= 11 is 0. The Morgan fingerprint density at radius 1 is 1.00 bits per heavy atom. The van der Waals surface area contributed by atoms with Crippen LogP contribution in [0.3, 0.4) is 0 Å². The van der Waals surface area contributed by atoms with Gasteiger partial charge in [0, 0.05) is 18.8 Å². The van der Waals surface area contributed by atoms with E-state index in [9.17, 15) is 4.79 Å². The second-order valence-corrected chi connectivity index (χ2v) is 5.14. The second-order valence-electron chi connectivity index (χ2n) is 5.14. The van der Waals surface area contributed by atoms with Crippen LogP contribution in [0.15, 0.2) is 54.6 Å². The zero-order valence-corrected chi connectivity index (χ0v) is 11.4. The Balaban J connectivity index is 1.58. The zero-order chi connectivity index (χ0) is 13.8. The van der Waals surface area contributed by atoms with Gasteiger partial charge in [0.15, 0.2) is 0 Å². The van der Waals surface area contributed by atoms with Crippen molar-refractivity contribution < 1.29 is 4.79 Å². The molecule has 0 aliphatic carbocycles. The molecule has 3 nitrogen and oxygen atoms in total. The maximum atomic E-state index is 12.0.